The van der Waals surface area contributed by atoms with Crippen LogP contribution in [-0.2, 0) is 0 Å². The molecule has 1 aromatic rings. The molecule has 4 heteroatoms. The maximum atomic E-state index is 5.97. The van der Waals surface area contributed by atoms with Crippen LogP contribution in [0.5, 0.6) is 0 Å². The summed E-state index contributed by atoms with van der Waals surface area (Å²) in [7, 11) is 0. The SMILES string of the molecule is CC(C)C(CN)c1cncn1C(C)CN1CCCCC1. The van der Waals surface area contributed by atoms with Crippen LogP contribution in [-0.4, -0.2) is 40.6 Å². The highest BCUT2D eigenvalue weighted by Gasteiger charge is 2.22. The minimum Gasteiger partial charge on any atom is -0.330 e. The summed E-state index contributed by atoms with van der Waals surface area (Å²) in [6.07, 6.45) is 8.07. The van der Waals surface area contributed by atoms with Gasteiger partial charge in [0.1, 0.15) is 0 Å². The van der Waals surface area contributed by atoms with Crippen molar-refractivity contribution >= 4 is 0 Å². The number of likely N-dealkylation sites (tertiary alicyclic amines) is 1. The lowest BCUT2D eigenvalue weighted by Gasteiger charge is -2.31. The smallest absolute Gasteiger partial charge is 0.0951 e. The molecule has 0 spiro atoms. The van der Waals surface area contributed by atoms with Crippen LogP contribution in [0.1, 0.15) is 57.7 Å². The summed E-state index contributed by atoms with van der Waals surface area (Å²) in [4.78, 5) is 6.96. The zero-order valence-corrected chi connectivity index (χ0v) is 13.3. The van der Waals surface area contributed by atoms with E-state index in [2.05, 4.69) is 35.2 Å². The fourth-order valence-corrected chi connectivity index (χ4v) is 3.31. The third-order valence-electron chi connectivity index (χ3n) is 4.58. The average Bonchev–Trinajstić information content (AvgIpc) is 2.89. The molecule has 0 bridgehead atoms. The molecule has 20 heavy (non-hydrogen) atoms. The van der Waals surface area contributed by atoms with Gasteiger partial charge in [0.25, 0.3) is 0 Å². The number of rotatable bonds is 6. The molecule has 0 amide bonds. The monoisotopic (exact) mass is 278 g/mol. The number of hydrogen-bond acceptors (Lipinski definition) is 3. The van der Waals surface area contributed by atoms with Crippen molar-refractivity contribution in [3.05, 3.63) is 18.2 Å². The van der Waals surface area contributed by atoms with Gasteiger partial charge in [-0.05, 0) is 38.8 Å². The summed E-state index contributed by atoms with van der Waals surface area (Å²) < 4.78 is 2.34. The first kappa shape index (κ1) is 15.5. The maximum absolute atomic E-state index is 5.97. The number of imidazole rings is 1. The van der Waals surface area contributed by atoms with Crippen molar-refractivity contribution in [3.8, 4) is 0 Å². The molecule has 2 rings (SSSR count). The van der Waals surface area contributed by atoms with Gasteiger partial charge < -0.3 is 15.2 Å². The van der Waals surface area contributed by atoms with Crippen LogP contribution < -0.4 is 5.73 Å². The van der Waals surface area contributed by atoms with Crippen molar-refractivity contribution < 1.29 is 0 Å². The third kappa shape index (κ3) is 3.61. The van der Waals surface area contributed by atoms with E-state index in [4.69, 9.17) is 5.73 Å². The summed E-state index contributed by atoms with van der Waals surface area (Å²) in [5.41, 5.74) is 7.26. The van der Waals surface area contributed by atoms with Crippen LogP contribution in [0.4, 0.5) is 0 Å². The van der Waals surface area contributed by atoms with E-state index in [-0.39, 0.29) is 0 Å². The molecule has 4 nitrogen and oxygen atoms in total. The summed E-state index contributed by atoms with van der Waals surface area (Å²) in [6, 6.07) is 0.471. The largest absolute Gasteiger partial charge is 0.330 e. The number of hydrogen-bond donors (Lipinski definition) is 1. The van der Waals surface area contributed by atoms with Crippen LogP contribution in [0, 0.1) is 5.92 Å². The van der Waals surface area contributed by atoms with Crippen molar-refractivity contribution in [3.63, 3.8) is 0 Å². The van der Waals surface area contributed by atoms with Gasteiger partial charge in [-0.1, -0.05) is 20.3 Å². The van der Waals surface area contributed by atoms with Crippen LogP contribution >= 0.6 is 0 Å². The van der Waals surface area contributed by atoms with Crippen LogP contribution in [0.15, 0.2) is 12.5 Å². The van der Waals surface area contributed by atoms with Gasteiger partial charge in [0.15, 0.2) is 0 Å². The molecule has 1 aromatic heterocycles. The quantitative estimate of drug-likeness (QED) is 0.870. The Morgan fingerprint density at radius 2 is 1.90 bits per heavy atom. The molecular weight excluding hydrogens is 248 g/mol. The van der Waals surface area contributed by atoms with E-state index < -0.39 is 0 Å². The zero-order valence-electron chi connectivity index (χ0n) is 13.3. The van der Waals surface area contributed by atoms with Gasteiger partial charge in [-0.15, -0.1) is 0 Å². The molecule has 0 aromatic carbocycles. The minimum absolute atomic E-state index is 0.404. The first-order chi connectivity index (χ1) is 9.63. The van der Waals surface area contributed by atoms with E-state index in [1.54, 1.807) is 0 Å². The second-order valence-corrected chi connectivity index (χ2v) is 6.52. The first-order valence-electron chi connectivity index (χ1n) is 8.07. The van der Waals surface area contributed by atoms with Crippen molar-refractivity contribution in [2.24, 2.45) is 11.7 Å². The molecule has 2 heterocycles. The number of piperidine rings is 1. The second kappa shape index (κ2) is 7.23. The second-order valence-electron chi connectivity index (χ2n) is 6.52. The maximum Gasteiger partial charge on any atom is 0.0951 e. The van der Waals surface area contributed by atoms with Crippen molar-refractivity contribution in [2.45, 2.75) is 52.0 Å². The highest BCUT2D eigenvalue weighted by molar-refractivity contribution is 5.09. The van der Waals surface area contributed by atoms with E-state index in [0.29, 0.717) is 24.4 Å². The predicted molar refractivity (Wildman–Crippen MR) is 83.9 cm³/mol. The van der Waals surface area contributed by atoms with Gasteiger partial charge in [-0.3, -0.25) is 0 Å². The highest BCUT2D eigenvalue weighted by Crippen LogP contribution is 2.26. The summed E-state index contributed by atoms with van der Waals surface area (Å²) in [5, 5.41) is 0. The van der Waals surface area contributed by atoms with E-state index in [1.807, 2.05) is 12.5 Å². The molecule has 2 N–H and O–H groups in total. The molecule has 0 radical (unpaired) electrons. The predicted octanol–water partition coefficient (Wildman–Crippen LogP) is 2.63. The normalized spacial score (nSPS) is 20.2. The molecule has 0 aliphatic carbocycles. The van der Waals surface area contributed by atoms with Crippen LogP contribution in [0.25, 0.3) is 0 Å². The standard InChI is InChI=1S/C16H30N4/c1-13(2)15(9-17)16-10-18-12-20(16)14(3)11-19-7-5-4-6-8-19/h10,12-15H,4-9,11,17H2,1-3H3. The van der Waals surface area contributed by atoms with Gasteiger partial charge in [0.2, 0.25) is 0 Å². The molecule has 1 saturated heterocycles. The Kier molecular flexibility index (Phi) is 5.61. The minimum atomic E-state index is 0.404. The molecular formula is C16H30N4. The fourth-order valence-electron chi connectivity index (χ4n) is 3.31. The molecule has 1 aliphatic heterocycles. The Morgan fingerprint density at radius 3 is 2.50 bits per heavy atom. The fraction of sp³-hybridized carbons (Fsp3) is 0.812. The van der Waals surface area contributed by atoms with Gasteiger partial charge in [-0.2, -0.15) is 0 Å². The molecule has 2 atom stereocenters. The Hall–Kier alpha value is -0.870. The Morgan fingerprint density at radius 1 is 1.20 bits per heavy atom. The lowest BCUT2D eigenvalue weighted by Crippen LogP contribution is -2.35. The first-order valence-corrected chi connectivity index (χ1v) is 8.07. The topological polar surface area (TPSA) is 47.1 Å². The third-order valence-corrected chi connectivity index (χ3v) is 4.58. The molecule has 0 saturated carbocycles. The van der Waals surface area contributed by atoms with Crippen molar-refractivity contribution in [2.75, 3.05) is 26.2 Å². The Bertz CT molecular complexity index is 393. The Balaban J connectivity index is 2.06. The molecule has 114 valence electrons. The highest BCUT2D eigenvalue weighted by atomic mass is 15.2. The molecule has 1 fully saturated rings. The summed E-state index contributed by atoms with van der Waals surface area (Å²) in [6.45, 7) is 11.1. The number of nitrogens with two attached hydrogens (primary N) is 1. The average molecular weight is 278 g/mol. The van der Waals surface area contributed by atoms with Crippen LogP contribution in [0.3, 0.4) is 0 Å². The van der Waals surface area contributed by atoms with E-state index in [9.17, 15) is 0 Å². The number of nitrogens with zero attached hydrogens (tertiary/aromatic N) is 3. The van der Waals surface area contributed by atoms with Crippen molar-refractivity contribution in [1.29, 1.82) is 0 Å². The lowest BCUT2D eigenvalue weighted by atomic mass is 9.92. The van der Waals surface area contributed by atoms with Gasteiger partial charge in [0.05, 0.1) is 6.33 Å². The summed E-state index contributed by atoms with van der Waals surface area (Å²) >= 11 is 0. The van der Waals surface area contributed by atoms with Gasteiger partial charge >= 0.3 is 0 Å². The van der Waals surface area contributed by atoms with E-state index >= 15 is 0 Å². The molecule has 2 unspecified atom stereocenters. The van der Waals surface area contributed by atoms with Gasteiger partial charge in [-0.25, -0.2) is 4.98 Å². The lowest BCUT2D eigenvalue weighted by molar-refractivity contribution is 0.199. The van der Waals surface area contributed by atoms with E-state index in [0.717, 1.165) is 6.54 Å². The van der Waals surface area contributed by atoms with Crippen molar-refractivity contribution in [1.82, 2.24) is 14.5 Å². The zero-order chi connectivity index (χ0) is 14.5. The molecule has 1 aliphatic rings. The van der Waals surface area contributed by atoms with Gasteiger partial charge in [0, 0.05) is 36.9 Å². The van der Waals surface area contributed by atoms with Crippen LogP contribution in [0.2, 0.25) is 0 Å². The Labute approximate surface area is 123 Å². The summed E-state index contributed by atoms with van der Waals surface area (Å²) in [5.74, 6) is 0.957. The number of aromatic nitrogens is 2. The van der Waals surface area contributed by atoms with E-state index in [1.165, 1.54) is 38.0 Å².